The predicted octanol–water partition coefficient (Wildman–Crippen LogP) is 3.68. The van der Waals surface area contributed by atoms with E-state index in [-0.39, 0.29) is 5.38 Å². The van der Waals surface area contributed by atoms with Gasteiger partial charge in [0, 0.05) is 5.56 Å². The minimum atomic E-state index is -0.838. The molecule has 1 heterocycles. The minimum Gasteiger partial charge on any atom is -0.497 e. The number of ether oxygens (including phenoxy) is 3. The van der Waals surface area contributed by atoms with Crippen LogP contribution in [0, 0.1) is 0 Å². The van der Waals surface area contributed by atoms with Gasteiger partial charge in [-0.3, -0.25) is 0 Å². The number of benzene rings is 2. The molecule has 106 valence electrons. The van der Waals surface area contributed by atoms with Crippen LogP contribution in [-0.4, -0.2) is 25.7 Å². The highest BCUT2D eigenvalue weighted by Gasteiger charge is 2.43. The lowest BCUT2D eigenvalue weighted by atomic mass is 9.99. The maximum absolute atomic E-state index is 6.30. The van der Waals surface area contributed by atoms with E-state index >= 15 is 0 Å². The first kappa shape index (κ1) is 13.7. The standard InChI is InChI=1S/C16H17ClO3/c1-11(17)16(19-7-8-20-16)14-5-3-13-10-15(18-2)6-4-12(13)9-14/h3-6,9-11H,7-8H2,1-2H3/t11-/m0/s1. The SMILES string of the molecule is COc1ccc2cc(C3([C@H](C)Cl)OCCO3)ccc2c1. The lowest BCUT2D eigenvalue weighted by Crippen LogP contribution is -2.35. The summed E-state index contributed by atoms with van der Waals surface area (Å²) in [6, 6.07) is 12.1. The van der Waals surface area contributed by atoms with Crippen molar-refractivity contribution < 1.29 is 14.2 Å². The van der Waals surface area contributed by atoms with Gasteiger partial charge in [-0.2, -0.15) is 0 Å². The van der Waals surface area contributed by atoms with E-state index in [0.29, 0.717) is 13.2 Å². The zero-order chi connectivity index (χ0) is 14.2. The molecular weight excluding hydrogens is 276 g/mol. The summed E-state index contributed by atoms with van der Waals surface area (Å²) in [4.78, 5) is 0. The van der Waals surface area contributed by atoms with Gasteiger partial charge >= 0.3 is 0 Å². The largest absolute Gasteiger partial charge is 0.497 e. The van der Waals surface area contributed by atoms with E-state index in [1.807, 2.05) is 37.3 Å². The van der Waals surface area contributed by atoms with E-state index in [1.54, 1.807) is 7.11 Å². The quantitative estimate of drug-likeness (QED) is 0.808. The predicted molar refractivity (Wildman–Crippen MR) is 79.4 cm³/mol. The fraction of sp³-hybridized carbons (Fsp3) is 0.375. The van der Waals surface area contributed by atoms with Gasteiger partial charge in [-0.15, -0.1) is 11.6 Å². The molecule has 0 unspecified atom stereocenters. The summed E-state index contributed by atoms with van der Waals surface area (Å²) in [7, 11) is 1.67. The lowest BCUT2D eigenvalue weighted by molar-refractivity contribution is -0.164. The molecular formula is C16H17ClO3. The fourth-order valence-electron chi connectivity index (χ4n) is 2.62. The van der Waals surface area contributed by atoms with Crippen LogP contribution in [-0.2, 0) is 15.3 Å². The van der Waals surface area contributed by atoms with Gasteiger partial charge < -0.3 is 14.2 Å². The molecule has 0 spiro atoms. The van der Waals surface area contributed by atoms with Crippen LogP contribution in [0.2, 0.25) is 0 Å². The van der Waals surface area contributed by atoms with Gasteiger partial charge in [0.15, 0.2) is 0 Å². The minimum absolute atomic E-state index is 0.263. The van der Waals surface area contributed by atoms with Crippen LogP contribution in [0.15, 0.2) is 36.4 Å². The maximum Gasteiger partial charge on any atom is 0.211 e. The molecule has 0 aliphatic carbocycles. The van der Waals surface area contributed by atoms with Crippen LogP contribution < -0.4 is 4.74 Å². The van der Waals surface area contributed by atoms with Gasteiger partial charge in [-0.1, -0.05) is 18.2 Å². The van der Waals surface area contributed by atoms with Crippen molar-refractivity contribution in [2.75, 3.05) is 20.3 Å². The highest BCUT2D eigenvalue weighted by atomic mass is 35.5. The molecule has 1 aliphatic rings. The molecule has 0 amide bonds. The summed E-state index contributed by atoms with van der Waals surface area (Å²) in [5, 5.41) is 1.96. The summed E-state index contributed by atoms with van der Waals surface area (Å²) >= 11 is 6.30. The summed E-state index contributed by atoms with van der Waals surface area (Å²) in [5.41, 5.74) is 0.954. The molecule has 0 N–H and O–H groups in total. The van der Waals surface area contributed by atoms with Crippen molar-refractivity contribution in [3.05, 3.63) is 42.0 Å². The molecule has 2 aromatic carbocycles. The first-order valence-electron chi connectivity index (χ1n) is 6.66. The molecule has 1 saturated heterocycles. The molecule has 1 atom stereocenters. The van der Waals surface area contributed by atoms with Crippen molar-refractivity contribution in [1.82, 2.24) is 0 Å². The normalized spacial score (nSPS) is 19.1. The molecule has 4 heteroatoms. The second-order valence-electron chi connectivity index (χ2n) is 4.91. The van der Waals surface area contributed by atoms with Gasteiger partial charge in [0.25, 0.3) is 0 Å². The summed E-state index contributed by atoms with van der Waals surface area (Å²) < 4.78 is 16.8. The van der Waals surface area contributed by atoms with Crippen molar-refractivity contribution in [1.29, 1.82) is 0 Å². The molecule has 3 rings (SSSR count). The molecule has 0 bridgehead atoms. The van der Waals surface area contributed by atoms with Crippen molar-refractivity contribution in [2.24, 2.45) is 0 Å². The lowest BCUT2D eigenvalue weighted by Gasteiger charge is -2.30. The summed E-state index contributed by atoms with van der Waals surface area (Å²) in [6.07, 6.45) is 0. The Morgan fingerprint density at radius 2 is 1.75 bits per heavy atom. The van der Waals surface area contributed by atoms with Crippen LogP contribution >= 0.6 is 11.6 Å². The van der Waals surface area contributed by atoms with E-state index in [2.05, 4.69) is 6.07 Å². The molecule has 1 aliphatic heterocycles. The van der Waals surface area contributed by atoms with Crippen LogP contribution in [0.25, 0.3) is 10.8 Å². The Hall–Kier alpha value is -1.29. The number of alkyl halides is 1. The summed E-state index contributed by atoms with van der Waals surface area (Å²) in [5.74, 6) is 0.00871. The van der Waals surface area contributed by atoms with Crippen LogP contribution in [0.4, 0.5) is 0 Å². The van der Waals surface area contributed by atoms with Crippen LogP contribution in [0.5, 0.6) is 5.75 Å². The van der Waals surface area contributed by atoms with Gasteiger partial charge in [0.2, 0.25) is 5.79 Å². The second-order valence-corrected chi connectivity index (χ2v) is 5.56. The van der Waals surface area contributed by atoms with E-state index in [9.17, 15) is 0 Å². The Morgan fingerprint density at radius 1 is 1.10 bits per heavy atom. The van der Waals surface area contributed by atoms with Gasteiger partial charge in [-0.25, -0.2) is 0 Å². The topological polar surface area (TPSA) is 27.7 Å². The van der Waals surface area contributed by atoms with Gasteiger partial charge in [-0.05, 0) is 35.9 Å². The zero-order valence-electron chi connectivity index (χ0n) is 11.6. The van der Waals surface area contributed by atoms with Crippen LogP contribution in [0.1, 0.15) is 12.5 Å². The fourth-order valence-corrected chi connectivity index (χ4v) is 2.87. The molecule has 1 fully saturated rings. The highest BCUT2D eigenvalue weighted by Crippen LogP contribution is 2.39. The molecule has 20 heavy (non-hydrogen) atoms. The van der Waals surface area contributed by atoms with E-state index in [0.717, 1.165) is 22.1 Å². The molecule has 2 aromatic rings. The highest BCUT2D eigenvalue weighted by molar-refractivity contribution is 6.21. The molecule has 0 aromatic heterocycles. The Kier molecular flexibility index (Phi) is 3.59. The average Bonchev–Trinajstić information content (AvgIpc) is 2.97. The number of rotatable bonds is 3. The van der Waals surface area contributed by atoms with Crippen molar-refractivity contribution >= 4 is 22.4 Å². The first-order valence-corrected chi connectivity index (χ1v) is 7.09. The first-order chi connectivity index (χ1) is 9.65. The third kappa shape index (κ3) is 2.16. The third-order valence-corrected chi connectivity index (χ3v) is 3.98. The van der Waals surface area contributed by atoms with Gasteiger partial charge in [0.05, 0.1) is 25.7 Å². The van der Waals surface area contributed by atoms with Crippen LogP contribution in [0.3, 0.4) is 0 Å². The van der Waals surface area contributed by atoms with E-state index in [1.165, 1.54) is 0 Å². The van der Waals surface area contributed by atoms with E-state index in [4.69, 9.17) is 25.8 Å². The van der Waals surface area contributed by atoms with Crippen molar-refractivity contribution in [2.45, 2.75) is 18.1 Å². The number of halogens is 1. The Morgan fingerprint density at radius 3 is 2.40 bits per heavy atom. The molecule has 0 saturated carbocycles. The molecule has 3 nitrogen and oxygen atoms in total. The van der Waals surface area contributed by atoms with Crippen molar-refractivity contribution in [3.63, 3.8) is 0 Å². The van der Waals surface area contributed by atoms with Crippen molar-refractivity contribution in [3.8, 4) is 5.75 Å². The number of hydrogen-bond acceptors (Lipinski definition) is 3. The average molecular weight is 293 g/mol. The second kappa shape index (κ2) is 5.24. The number of fused-ring (bicyclic) bond motifs is 1. The number of methoxy groups -OCH3 is 1. The smallest absolute Gasteiger partial charge is 0.211 e. The van der Waals surface area contributed by atoms with E-state index < -0.39 is 5.79 Å². The maximum atomic E-state index is 6.30. The Labute approximate surface area is 123 Å². The van der Waals surface area contributed by atoms with Gasteiger partial charge in [0.1, 0.15) is 5.75 Å². The summed E-state index contributed by atoms with van der Waals surface area (Å²) in [6.45, 7) is 3.03. The molecule has 0 radical (unpaired) electrons. The Balaban J connectivity index is 2.08. The Bertz CT molecular complexity index is 618. The number of hydrogen-bond donors (Lipinski definition) is 0. The third-order valence-electron chi connectivity index (χ3n) is 3.69. The zero-order valence-corrected chi connectivity index (χ0v) is 12.3. The monoisotopic (exact) mass is 292 g/mol.